The van der Waals surface area contributed by atoms with Gasteiger partial charge in [0, 0.05) is 12.7 Å². The Balaban J connectivity index is 1.42. The van der Waals surface area contributed by atoms with Crippen LogP contribution >= 0.6 is 0 Å². The highest BCUT2D eigenvalue weighted by Crippen LogP contribution is 2.16. The second kappa shape index (κ2) is 9.89. The van der Waals surface area contributed by atoms with Crippen LogP contribution < -0.4 is 5.32 Å². The molecule has 0 aliphatic carbocycles. The predicted molar refractivity (Wildman–Crippen MR) is 111 cm³/mol. The highest BCUT2D eigenvalue weighted by Gasteiger charge is 2.17. The molecule has 0 unspecified atom stereocenters. The third-order valence-corrected chi connectivity index (χ3v) is 4.61. The number of aryl methyl sites for hydroxylation is 1. The number of hydrogen-bond donors (Lipinski definition) is 1. The van der Waals surface area contributed by atoms with E-state index in [-0.39, 0.29) is 12.5 Å². The van der Waals surface area contributed by atoms with Gasteiger partial charge in [0.25, 0.3) is 0 Å². The van der Waals surface area contributed by atoms with Crippen molar-refractivity contribution in [3.05, 3.63) is 71.4 Å². The molecule has 0 bridgehead atoms. The Morgan fingerprint density at radius 2 is 2.03 bits per heavy atom. The number of aromatic nitrogens is 2. The van der Waals surface area contributed by atoms with Gasteiger partial charge in [-0.1, -0.05) is 18.2 Å². The van der Waals surface area contributed by atoms with Crippen LogP contribution in [-0.2, 0) is 22.5 Å². The number of hydrogen-bond acceptors (Lipinski definition) is 6. The molecule has 8 nitrogen and oxygen atoms in total. The molecule has 2 aromatic heterocycles. The van der Waals surface area contributed by atoms with Gasteiger partial charge in [0.2, 0.25) is 5.91 Å². The van der Waals surface area contributed by atoms with Crippen LogP contribution in [0.1, 0.15) is 27.4 Å². The Morgan fingerprint density at radius 1 is 1.27 bits per heavy atom. The van der Waals surface area contributed by atoms with E-state index in [0.29, 0.717) is 36.6 Å². The van der Waals surface area contributed by atoms with Crippen molar-refractivity contribution in [2.75, 3.05) is 27.2 Å². The first-order valence-corrected chi connectivity index (χ1v) is 9.68. The summed E-state index contributed by atoms with van der Waals surface area (Å²) in [6, 6.07) is 11.5. The third-order valence-electron chi connectivity index (χ3n) is 4.61. The molecule has 0 saturated heterocycles. The quantitative estimate of drug-likeness (QED) is 0.545. The Kier molecular flexibility index (Phi) is 7.03. The molecule has 0 fully saturated rings. The number of nitrogens with zero attached hydrogens (tertiary/aromatic N) is 3. The van der Waals surface area contributed by atoms with Gasteiger partial charge in [-0.2, -0.15) is 5.10 Å². The maximum Gasteiger partial charge on any atom is 0.341 e. The lowest BCUT2D eigenvalue weighted by atomic mass is 10.2. The molecule has 0 spiro atoms. The van der Waals surface area contributed by atoms with Crippen LogP contribution in [0.2, 0.25) is 0 Å². The normalized spacial score (nSPS) is 10.9. The number of amides is 1. The molecule has 3 aromatic rings. The smallest absolute Gasteiger partial charge is 0.341 e. The number of furan rings is 1. The minimum atomic E-state index is -0.432. The predicted octanol–water partition coefficient (Wildman–Crippen LogP) is 2.35. The Bertz CT molecular complexity index is 994. The summed E-state index contributed by atoms with van der Waals surface area (Å²) < 4.78 is 12.1. The standard InChI is InChI=1S/C22H26N4O4/c1-16-20(22(28)29-3)11-19(30-16)14-25(2)15-21(27)23-10-9-17-12-24-26(13-17)18-7-5-4-6-8-18/h4-8,11-13H,9-10,14-15H2,1-3H3,(H,23,27). The van der Waals surface area contributed by atoms with Crippen LogP contribution in [-0.4, -0.2) is 53.8 Å². The van der Waals surface area contributed by atoms with E-state index in [1.807, 2.05) is 59.4 Å². The van der Waals surface area contributed by atoms with Crippen molar-refractivity contribution in [3.63, 3.8) is 0 Å². The number of carbonyl (C=O) groups is 2. The molecular weight excluding hydrogens is 384 g/mol. The molecule has 0 aliphatic heterocycles. The zero-order chi connectivity index (χ0) is 21.5. The molecule has 8 heteroatoms. The van der Waals surface area contributed by atoms with E-state index in [9.17, 15) is 9.59 Å². The van der Waals surface area contributed by atoms with Gasteiger partial charge in [0.1, 0.15) is 17.1 Å². The average Bonchev–Trinajstić information content (AvgIpc) is 3.34. The summed E-state index contributed by atoms with van der Waals surface area (Å²) in [5.41, 5.74) is 2.45. The second-order valence-corrected chi connectivity index (χ2v) is 7.08. The number of rotatable bonds is 9. The Morgan fingerprint density at radius 3 is 2.77 bits per heavy atom. The summed E-state index contributed by atoms with van der Waals surface area (Å²) in [4.78, 5) is 25.7. The summed E-state index contributed by atoms with van der Waals surface area (Å²) in [5, 5.41) is 7.28. The van der Waals surface area contributed by atoms with Gasteiger partial charge in [-0.05, 0) is 44.2 Å². The van der Waals surface area contributed by atoms with Crippen LogP contribution in [0.25, 0.3) is 5.69 Å². The van der Waals surface area contributed by atoms with E-state index in [1.165, 1.54) is 7.11 Å². The van der Waals surface area contributed by atoms with Gasteiger partial charge >= 0.3 is 5.97 Å². The van der Waals surface area contributed by atoms with Crippen molar-refractivity contribution in [2.45, 2.75) is 19.9 Å². The summed E-state index contributed by atoms with van der Waals surface area (Å²) in [7, 11) is 3.15. The summed E-state index contributed by atoms with van der Waals surface area (Å²) in [5.74, 6) is 0.602. The van der Waals surface area contributed by atoms with Crippen molar-refractivity contribution < 1.29 is 18.7 Å². The van der Waals surface area contributed by atoms with Gasteiger partial charge in [-0.25, -0.2) is 9.48 Å². The van der Waals surface area contributed by atoms with E-state index in [0.717, 1.165) is 11.3 Å². The zero-order valence-corrected chi connectivity index (χ0v) is 17.4. The number of methoxy groups -OCH3 is 1. The highest BCUT2D eigenvalue weighted by molar-refractivity contribution is 5.90. The first kappa shape index (κ1) is 21.3. The van der Waals surface area contributed by atoms with Crippen molar-refractivity contribution in [2.24, 2.45) is 0 Å². The van der Waals surface area contributed by atoms with E-state index in [1.54, 1.807) is 13.0 Å². The lowest BCUT2D eigenvalue weighted by Crippen LogP contribution is -2.35. The molecule has 0 atom stereocenters. The Hall–Kier alpha value is -3.39. The van der Waals surface area contributed by atoms with Crippen LogP contribution in [0.3, 0.4) is 0 Å². The number of nitrogens with one attached hydrogen (secondary N) is 1. The topological polar surface area (TPSA) is 89.6 Å². The van der Waals surface area contributed by atoms with Crippen LogP contribution in [0.5, 0.6) is 0 Å². The van der Waals surface area contributed by atoms with Gasteiger partial charge in [-0.15, -0.1) is 0 Å². The monoisotopic (exact) mass is 410 g/mol. The lowest BCUT2D eigenvalue weighted by Gasteiger charge is -2.14. The zero-order valence-electron chi connectivity index (χ0n) is 17.4. The maximum atomic E-state index is 12.2. The van der Waals surface area contributed by atoms with Crippen LogP contribution in [0.4, 0.5) is 0 Å². The number of carbonyl (C=O) groups excluding carboxylic acids is 2. The molecule has 0 aliphatic rings. The third kappa shape index (κ3) is 5.57. The van der Waals surface area contributed by atoms with Gasteiger partial charge in [0.15, 0.2) is 0 Å². The SMILES string of the molecule is COC(=O)c1cc(CN(C)CC(=O)NCCc2cnn(-c3ccccc3)c2)oc1C. The minimum absolute atomic E-state index is 0.0792. The number of likely N-dealkylation sites (N-methyl/N-ethyl adjacent to an activating group) is 1. The number of esters is 1. The number of ether oxygens (including phenoxy) is 1. The fraction of sp³-hybridized carbons (Fsp3) is 0.318. The molecule has 2 heterocycles. The summed E-state index contributed by atoms with van der Waals surface area (Å²) >= 11 is 0. The molecular formula is C22H26N4O4. The maximum absolute atomic E-state index is 12.2. The number of benzene rings is 1. The number of para-hydroxylation sites is 1. The fourth-order valence-electron chi connectivity index (χ4n) is 3.11. The Labute approximate surface area is 175 Å². The average molecular weight is 410 g/mol. The van der Waals surface area contributed by atoms with E-state index in [2.05, 4.69) is 10.4 Å². The molecule has 30 heavy (non-hydrogen) atoms. The summed E-state index contributed by atoms with van der Waals surface area (Å²) in [6.07, 6.45) is 4.47. The van der Waals surface area contributed by atoms with Gasteiger partial charge in [0.05, 0.1) is 32.1 Å². The van der Waals surface area contributed by atoms with E-state index < -0.39 is 5.97 Å². The lowest BCUT2D eigenvalue weighted by molar-refractivity contribution is -0.122. The highest BCUT2D eigenvalue weighted by atomic mass is 16.5. The molecule has 3 rings (SSSR count). The molecule has 0 saturated carbocycles. The van der Waals surface area contributed by atoms with Crippen molar-refractivity contribution >= 4 is 11.9 Å². The van der Waals surface area contributed by atoms with Gasteiger partial charge < -0.3 is 14.5 Å². The van der Waals surface area contributed by atoms with E-state index in [4.69, 9.17) is 9.15 Å². The fourth-order valence-corrected chi connectivity index (χ4v) is 3.11. The molecule has 158 valence electrons. The van der Waals surface area contributed by atoms with Crippen LogP contribution in [0.15, 0.2) is 53.2 Å². The molecule has 0 radical (unpaired) electrons. The van der Waals surface area contributed by atoms with Crippen LogP contribution in [0, 0.1) is 6.92 Å². The van der Waals surface area contributed by atoms with Crippen molar-refractivity contribution in [3.8, 4) is 5.69 Å². The van der Waals surface area contributed by atoms with Gasteiger partial charge in [-0.3, -0.25) is 9.69 Å². The largest absolute Gasteiger partial charge is 0.465 e. The minimum Gasteiger partial charge on any atom is -0.465 e. The van der Waals surface area contributed by atoms with Crippen molar-refractivity contribution in [1.82, 2.24) is 20.0 Å². The second-order valence-electron chi connectivity index (χ2n) is 7.08. The summed E-state index contributed by atoms with van der Waals surface area (Å²) in [6.45, 7) is 2.87. The first-order valence-electron chi connectivity index (χ1n) is 9.68. The van der Waals surface area contributed by atoms with E-state index >= 15 is 0 Å². The van der Waals surface area contributed by atoms with Crippen molar-refractivity contribution in [1.29, 1.82) is 0 Å². The molecule has 1 N–H and O–H groups in total. The molecule has 1 aromatic carbocycles. The first-order chi connectivity index (χ1) is 14.5. The molecule has 1 amide bonds.